The summed E-state index contributed by atoms with van der Waals surface area (Å²) >= 11 is 0. The van der Waals surface area contributed by atoms with Crippen LogP contribution in [-0.4, -0.2) is 58.6 Å². The standard InChI is InChI=1S/C14H20N6O/c1-19(2)9-11-8-17-13(18-11)12-10-20(6-7-21-12)14-15-4-3-5-16-14/h3-5,8,12H,6-7,9-10H2,1-2H3,(H,17,18). The van der Waals surface area contributed by atoms with Crippen LogP contribution >= 0.6 is 0 Å². The minimum Gasteiger partial charge on any atom is -0.367 e. The largest absolute Gasteiger partial charge is 0.367 e. The van der Waals surface area contributed by atoms with Crippen LogP contribution in [0.25, 0.3) is 0 Å². The van der Waals surface area contributed by atoms with Crippen LogP contribution in [0.3, 0.4) is 0 Å². The molecule has 7 nitrogen and oxygen atoms in total. The highest BCUT2D eigenvalue weighted by Gasteiger charge is 2.25. The third-order valence-electron chi connectivity index (χ3n) is 3.34. The van der Waals surface area contributed by atoms with Crippen molar-refractivity contribution < 1.29 is 4.74 Å². The van der Waals surface area contributed by atoms with Crippen LogP contribution < -0.4 is 4.90 Å². The van der Waals surface area contributed by atoms with Crippen molar-refractivity contribution in [3.8, 4) is 0 Å². The van der Waals surface area contributed by atoms with Gasteiger partial charge in [0.2, 0.25) is 5.95 Å². The highest BCUT2D eigenvalue weighted by molar-refractivity contribution is 5.29. The van der Waals surface area contributed by atoms with Crippen LogP contribution in [0.15, 0.2) is 24.7 Å². The molecule has 1 N–H and O–H groups in total. The molecule has 0 amide bonds. The van der Waals surface area contributed by atoms with Crippen molar-refractivity contribution in [2.24, 2.45) is 0 Å². The number of morpholine rings is 1. The van der Waals surface area contributed by atoms with Gasteiger partial charge in [0.05, 0.1) is 13.2 Å². The molecule has 1 atom stereocenters. The van der Waals surface area contributed by atoms with Crippen molar-refractivity contribution >= 4 is 5.95 Å². The van der Waals surface area contributed by atoms with Gasteiger partial charge >= 0.3 is 0 Å². The molecule has 0 radical (unpaired) electrons. The average Bonchev–Trinajstić information content (AvgIpc) is 2.96. The maximum Gasteiger partial charge on any atom is 0.225 e. The Hall–Kier alpha value is -1.99. The molecule has 21 heavy (non-hydrogen) atoms. The molecule has 0 spiro atoms. The molecule has 0 bridgehead atoms. The van der Waals surface area contributed by atoms with Gasteiger partial charge in [0, 0.05) is 37.4 Å². The molecule has 2 aromatic rings. The van der Waals surface area contributed by atoms with Gasteiger partial charge in [-0.25, -0.2) is 15.0 Å². The van der Waals surface area contributed by atoms with E-state index in [0.717, 1.165) is 30.6 Å². The molecule has 3 rings (SSSR count). The number of hydrogen-bond donors (Lipinski definition) is 1. The lowest BCUT2D eigenvalue weighted by Crippen LogP contribution is -2.39. The van der Waals surface area contributed by atoms with E-state index in [2.05, 4.69) is 29.7 Å². The van der Waals surface area contributed by atoms with E-state index in [9.17, 15) is 0 Å². The number of anilines is 1. The van der Waals surface area contributed by atoms with Crippen LogP contribution in [0.1, 0.15) is 17.6 Å². The van der Waals surface area contributed by atoms with Gasteiger partial charge in [-0.05, 0) is 20.2 Å². The Bertz CT molecular complexity index is 570. The van der Waals surface area contributed by atoms with Crippen molar-refractivity contribution in [1.82, 2.24) is 24.8 Å². The summed E-state index contributed by atoms with van der Waals surface area (Å²) in [7, 11) is 4.07. The first-order valence-electron chi connectivity index (χ1n) is 7.04. The van der Waals surface area contributed by atoms with Gasteiger partial charge in [-0.1, -0.05) is 0 Å². The molecule has 3 heterocycles. The number of nitrogens with zero attached hydrogens (tertiary/aromatic N) is 5. The van der Waals surface area contributed by atoms with Crippen LogP contribution in [0.4, 0.5) is 5.95 Å². The predicted octanol–water partition coefficient (Wildman–Crippen LogP) is 0.839. The van der Waals surface area contributed by atoms with Crippen molar-refractivity contribution in [2.45, 2.75) is 12.6 Å². The number of H-pyrrole nitrogens is 1. The molecule has 2 aromatic heterocycles. The first-order chi connectivity index (χ1) is 10.2. The Balaban J connectivity index is 1.70. The molecule has 1 unspecified atom stereocenters. The summed E-state index contributed by atoms with van der Waals surface area (Å²) in [4.78, 5) is 20.6. The quantitative estimate of drug-likeness (QED) is 0.899. The summed E-state index contributed by atoms with van der Waals surface area (Å²) in [5.41, 5.74) is 1.09. The summed E-state index contributed by atoms with van der Waals surface area (Å²) in [5.74, 6) is 1.61. The van der Waals surface area contributed by atoms with Crippen LogP contribution in [0.2, 0.25) is 0 Å². The van der Waals surface area contributed by atoms with E-state index in [0.29, 0.717) is 13.2 Å². The van der Waals surface area contributed by atoms with Gasteiger partial charge in [-0.3, -0.25) is 0 Å². The first kappa shape index (κ1) is 14.0. The second kappa shape index (κ2) is 6.19. The molecular weight excluding hydrogens is 268 g/mol. The lowest BCUT2D eigenvalue weighted by molar-refractivity contribution is 0.0339. The zero-order chi connectivity index (χ0) is 14.7. The zero-order valence-corrected chi connectivity index (χ0v) is 12.4. The molecule has 7 heteroatoms. The van der Waals surface area contributed by atoms with Crippen LogP contribution in [-0.2, 0) is 11.3 Å². The van der Waals surface area contributed by atoms with Gasteiger partial charge in [0.15, 0.2) is 0 Å². The molecule has 0 aromatic carbocycles. The highest BCUT2D eigenvalue weighted by Crippen LogP contribution is 2.22. The topological polar surface area (TPSA) is 70.2 Å². The summed E-state index contributed by atoms with van der Waals surface area (Å²) in [6.45, 7) is 2.99. The Morgan fingerprint density at radius 1 is 1.33 bits per heavy atom. The normalized spacial score (nSPS) is 19.2. The lowest BCUT2D eigenvalue weighted by atomic mass is 10.2. The second-order valence-corrected chi connectivity index (χ2v) is 5.39. The summed E-state index contributed by atoms with van der Waals surface area (Å²) < 4.78 is 5.83. The fourth-order valence-corrected chi connectivity index (χ4v) is 2.41. The fraction of sp³-hybridized carbons (Fsp3) is 0.500. The predicted molar refractivity (Wildman–Crippen MR) is 78.9 cm³/mol. The first-order valence-corrected chi connectivity index (χ1v) is 7.04. The SMILES string of the molecule is CN(C)Cc1cnc(C2CN(c3ncccn3)CCO2)[nH]1. The second-order valence-electron chi connectivity index (χ2n) is 5.39. The Morgan fingerprint density at radius 2 is 2.14 bits per heavy atom. The molecule has 112 valence electrons. The van der Waals surface area contributed by atoms with Crippen LogP contribution in [0.5, 0.6) is 0 Å². The smallest absolute Gasteiger partial charge is 0.225 e. The van der Waals surface area contributed by atoms with E-state index < -0.39 is 0 Å². The number of aromatic nitrogens is 4. The average molecular weight is 288 g/mol. The fourth-order valence-electron chi connectivity index (χ4n) is 2.41. The minimum absolute atomic E-state index is 0.0709. The van der Waals surface area contributed by atoms with E-state index in [1.54, 1.807) is 12.4 Å². The third kappa shape index (κ3) is 3.37. The number of hydrogen-bond acceptors (Lipinski definition) is 6. The number of rotatable bonds is 4. The number of aromatic amines is 1. The molecule has 1 aliphatic heterocycles. The van der Waals surface area contributed by atoms with E-state index in [1.807, 2.05) is 26.4 Å². The minimum atomic E-state index is -0.0709. The summed E-state index contributed by atoms with van der Waals surface area (Å²) in [5, 5.41) is 0. The highest BCUT2D eigenvalue weighted by atomic mass is 16.5. The molecular formula is C14H20N6O. The van der Waals surface area contributed by atoms with Gasteiger partial charge in [0.1, 0.15) is 11.9 Å². The Labute approximate surface area is 124 Å². The van der Waals surface area contributed by atoms with Crippen molar-refractivity contribution in [3.63, 3.8) is 0 Å². The summed E-state index contributed by atoms with van der Waals surface area (Å²) in [6.07, 6.45) is 5.32. The van der Waals surface area contributed by atoms with Crippen molar-refractivity contribution in [2.75, 3.05) is 38.7 Å². The molecule has 1 saturated heterocycles. The van der Waals surface area contributed by atoms with Gasteiger partial charge in [-0.2, -0.15) is 0 Å². The van der Waals surface area contributed by atoms with Gasteiger partial charge in [-0.15, -0.1) is 0 Å². The van der Waals surface area contributed by atoms with E-state index in [4.69, 9.17) is 4.74 Å². The number of imidazole rings is 1. The Morgan fingerprint density at radius 3 is 2.90 bits per heavy atom. The number of nitrogens with one attached hydrogen (secondary N) is 1. The zero-order valence-electron chi connectivity index (χ0n) is 12.4. The molecule has 1 fully saturated rings. The van der Waals surface area contributed by atoms with Crippen molar-refractivity contribution in [3.05, 3.63) is 36.2 Å². The summed E-state index contributed by atoms with van der Waals surface area (Å²) in [6, 6.07) is 1.82. The molecule has 0 saturated carbocycles. The maximum atomic E-state index is 5.83. The Kier molecular flexibility index (Phi) is 4.12. The van der Waals surface area contributed by atoms with Crippen molar-refractivity contribution in [1.29, 1.82) is 0 Å². The molecule has 0 aliphatic carbocycles. The third-order valence-corrected chi connectivity index (χ3v) is 3.34. The maximum absolute atomic E-state index is 5.83. The molecule has 1 aliphatic rings. The monoisotopic (exact) mass is 288 g/mol. The van der Waals surface area contributed by atoms with E-state index in [-0.39, 0.29) is 6.10 Å². The lowest BCUT2D eigenvalue weighted by Gasteiger charge is -2.31. The number of ether oxygens (including phenoxy) is 1. The van der Waals surface area contributed by atoms with Gasteiger partial charge < -0.3 is 19.5 Å². The van der Waals surface area contributed by atoms with E-state index >= 15 is 0 Å². The van der Waals surface area contributed by atoms with Gasteiger partial charge in [0.25, 0.3) is 0 Å². The van der Waals surface area contributed by atoms with Crippen LogP contribution in [0, 0.1) is 0 Å². The van der Waals surface area contributed by atoms with E-state index in [1.165, 1.54) is 0 Å².